The summed E-state index contributed by atoms with van der Waals surface area (Å²) in [5, 5.41) is 11.1. The number of hydrogen-bond donors (Lipinski definition) is 2. The van der Waals surface area contributed by atoms with Crippen LogP contribution in [0.25, 0.3) is 0 Å². The highest BCUT2D eigenvalue weighted by molar-refractivity contribution is 5.83. The van der Waals surface area contributed by atoms with Crippen LogP contribution in [0.4, 0.5) is 4.79 Å². The Morgan fingerprint density at radius 3 is 2.44 bits per heavy atom. The highest BCUT2D eigenvalue weighted by Gasteiger charge is 2.30. The van der Waals surface area contributed by atoms with Crippen molar-refractivity contribution in [2.45, 2.75) is 45.1 Å². The normalized spacial score (nSPS) is 17.1. The molecule has 0 aromatic rings. The standard InChI is InChI=1S/C11H19NO4/c1-11(2,9(13)14)12-10(15)16-7-8-5-3-4-6-8/h8H,3-7H2,1-2H3,(H,12,15)(H,13,14). The molecule has 0 saturated heterocycles. The minimum atomic E-state index is -1.28. The number of alkyl carbamates (subject to hydrolysis) is 1. The summed E-state index contributed by atoms with van der Waals surface area (Å²) >= 11 is 0. The Morgan fingerprint density at radius 1 is 1.38 bits per heavy atom. The van der Waals surface area contributed by atoms with Gasteiger partial charge in [0, 0.05) is 0 Å². The van der Waals surface area contributed by atoms with Crippen LogP contribution >= 0.6 is 0 Å². The van der Waals surface area contributed by atoms with Crippen molar-refractivity contribution in [1.82, 2.24) is 5.32 Å². The van der Waals surface area contributed by atoms with E-state index in [-0.39, 0.29) is 0 Å². The molecule has 16 heavy (non-hydrogen) atoms. The Bertz CT molecular complexity index is 269. The van der Waals surface area contributed by atoms with Gasteiger partial charge in [-0.15, -0.1) is 0 Å². The highest BCUT2D eigenvalue weighted by Crippen LogP contribution is 2.24. The average Bonchev–Trinajstić information content (AvgIpc) is 2.66. The lowest BCUT2D eigenvalue weighted by Gasteiger charge is -2.21. The first kappa shape index (κ1) is 12.8. The zero-order chi connectivity index (χ0) is 12.2. The summed E-state index contributed by atoms with van der Waals surface area (Å²) in [6.45, 7) is 3.24. The number of aliphatic carboxylic acids is 1. The van der Waals surface area contributed by atoms with E-state index in [1.807, 2.05) is 0 Å². The third kappa shape index (κ3) is 3.72. The molecule has 0 spiro atoms. The lowest BCUT2D eigenvalue weighted by molar-refractivity contribution is -0.143. The number of carbonyl (C=O) groups is 2. The van der Waals surface area contributed by atoms with Crippen LogP contribution in [0.15, 0.2) is 0 Å². The van der Waals surface area contributed by atoms with Crippen LogP contribution in [0.5, 0.6) is 0 Å². The van der Waals surface area contributed by atoms with Crippen molar-refractivity contribution in [2.75, 3.05) is 6.61 Å². The molecule has 0 bridgehead atoms. The SMILES string of the molecule is CC(C)(NC(=O)OCC1CCCC1)C(=O)O. The molecule has 0 atom stereocenters. The molecule has 1 amide bonds. The van der Waals surface area contributed by atoms with Gasteiger partial charge in [-0.05, 0) is 32.6 Å². The van der Waals surface area contributed by atoms with E-state index in [9.17, 15) is 9.59 Å². The first-order chi connectivity index (χ1) is 7.42. The van der Waals surface area contributed by atoms with Crippen LogP contribution in [-0.2, 0) is 9.53 Å². The van der Waals surface area contributed by atoms with E-state index < -0.39 is 17.6 Å². The Kier molecular flexibility index (Phi) is 4.15. The van der Waals surface area contributed by atoms with E-state index in [4.69, 9.17) is 9.84 Å². The number of ether oxygens (including phenoxy) is 1. The molecule has 92 valence electrons. The molecule has 0 heterocycles. The monoisotopic (exact) mass is 229 g/mol. The van der Waals surface area contributed by atoms with Crippen molar-refractivity contribution in [3.05, 3.63) is 0 Å². The van der Waals surface area contributed by atoms with E-state index in [1.165, 1.54) is 26.7 Å². The molecule has 5 nitrogen and oxygen atoms in total. The van der Waals surface area contributed by atoms with Gasteiger partial charge in [-0.1, -0.05) is 12.8 Å². The molecule has 1 fully saturated rings. The van der Waals surface area contributed by atoms with Crippen LogP contribution in [0.3, 0.4) is 0 Å². The fraction of sp³-hybridized carbons (Fsp3) is 0.818. The molecule has 0 aromatic carbocycles. The van der Waals surface area contributed by atoms with Gasteiger partial charge in [0.1, 0.15) is 5.54 Å². The number of carboxylic acids is 1. The number of hydrogen-bond acceptors (Lipinski definition) is 3. The lowest BCUT2D eigenvalue weighted by Crippen LogP contribution is -2.50. The molecular weight excluding hydrogens is 210 g/mol. The van der Waals surface area contributed by atoms with E-state index in [2.05, 4.69) is 5.32 Å². The zero-order valence-electron chi connectivity index (χ0n) is 9.78. The molecule has 0 unspecified atom stereocenters. The average molecular weight is 229 g/mol. The molecule has 0 aliphatic heterocycles. The maximum Gasteiger partial charge on any atom is 0.408 e. The van der Waals surface area contributed by atoms with Gasteiger partial charge in [0.05, 0.1) is 6.61 Å². The quantitative estimate of drug-likeness (QED) is 0.770. The van der Waals surface area contributed by atoms with E-state index in [1.54, 1.807) is 0 Å². The highest BCUT2D eigenvalue weighted by atomic mass is 16.5. The smallest absolute Gasteiger partial charge is 0.408 e. The summed E-state index contributed by atoms with van der Waals surface area (Å²) in [4.78, 5) is 22.1. The molecule has 0 aromatic heterocycles. The first-order valence-corrected chi connectivity index (χ1v) is 5.60. The Morgan fingerprint density at radius 2 is 1.94 bits per heavy atom. The molecule has 5 heteroatoms. The predicted molar refractivity (Wildman–Crippen MR) is 58.2 cm³/mol. The van der Waals surface area contributed by atoms with Crippen molar-refractivity contribution in [3.63, 3.8) is 0 Å². The van der Waals surface area contributed by atoms with Gasteiger partial charge >= 0.3 is 12.1 Å². The number of carboxylic acid groups (broad SMARTS) is 1. The molecule has 2 N–H and O–H groups in total. The van der Waals surface area contributed by atoms with E-state index in [0.717, 1.165) is 12.8 Å². The van der Waals surface area contributed by atoms with E-state index in [0.29, 0.717) is 12.5 Å². The summed E-state index contributed by atoms with van der Waals surface area (Å²) in [5.41, 5.74) is -1.28. The summed E-state index contributed by atoms with van der Waals surface area (Å²) in [6, 6.07) is 0. The fourth-order valence-electron chi connectivity index (χ4n) is 1.72. The number of carbonyl (C=O) groups excluding carboxylic acids is 1. The summed E-state index contributed by atoms with van der Waals surface area (Å²) in [5.74, 6) is -0.635. The topological polar surface area (TPSA) is 75.6 Å². The number of rotatable bonds is 4. The van der Waals surface area contributed by atoms with Crippen molar-refractivity contribution in [1.29, 1.82) is 0 Å². The lowest BCUT2D eigenvalue weighted by atomic mass is 10.1. The van der Waals surface area contributed by atoms with Crippen LogP contribution < -0.4 is 5.32 Å². The third-order valence-electron chi connectivity index (χ3n) is 2.87. The summed E-state index contributed by atoms with van der Waals surface area (Å²) < 4.78 is 5.00. The zero-order valence-corrected chi connectivity index (χ0v) is 9.78. The molecular formula is C11H19NO4. The fourth-order valence-corrected chi connectivity index (χ4v) is 1.72. The van der Waals surface area contributed by atoms with Crippen LogP contribution in [-0.4, -0.2) is 29.3 Å². The van der Waals surface area contributed by atoms with Gasteiger partial charge < -0.3 is 15.2 Å². The molecule has 1 saturated carbocycles. The maximum absolute atomic E-state index is 11.3. The third-order valence-corrected chi connectivity index (χ3v) is 2.87. The molecule has 1 rings (SSSR count). The molecule has 1 aliphatic rings. The van der Waals surface area contributed by atoms with Gasteiger partial charge in [-0.2, -0.15) is 0 Å². The van der Waals surface area contributed by atoms with Gasteiger partial charge in [0.2, 0.25) is 0 Å². The van der Waals surface area contributed by atoms with Gasteiger partial charge in [-0.3, -0.25) is 0 Å². The predicted octanol–water partition coefficient (Wildman–Crippen LogP) is 1.77. The van der Waals surface area contributed by atoms with E-state index >= 15 is 0 Å². The number of nitrogens with one attached hydrogen (secondary N) is 1. The second-order valence-corrected chi connectivity index (χ2v) is 4.80. The van der Waals surface area contributed by atoms with Gasteiger partial charge in [-0.25, -0.2) is 9.59 Å². The first-order valence-electron chi connectivity index (χ1n) is 5.60. The van der Waals surface area contributed by atoms with Crippen molar-refractivity contribution in [2.24, 2.45) is 5.92 Å². The number of amides is 1. The van der Waals surface area contributed by atoms with Crippen LogP contribution in [0.2, 0.25) is 0 Å². The summed E-state index contributed by atoms with van der Waals surface area (Å²) in [6.07, 6.45) is 3.91. The Labute approximate surface area is 95.2 Å². The molecule has 1 aliphatic carbocycles. The Balaban J connectivity index is 2.27. The minimum Gasteiger partial charge on any atom is -0.480 e. The summed E-state index contributed by atoms with van der Waals surface area (Å²) in [7, 11) is 0. The second kappa shape index (κ2) is 5.18. The second-order valence-electron chi connectivity index (χ2n) is 4.80. The van der Waals surface area contributed by atoms with Crippen molar-refractivity contribution in [3.8, 4) is 0 Å². The van der Waals surface area contributed by atoms with Crippen molar-refractivity contribution >= 4 is 12.1 Å². The van der Waals surface area contributed by atoms with Crippen LogP contribution in [0, 0.1) is 5.92 Å². The van der Waals surface area contributed by atoms with Crippen LogP contribution in [0.1, 0.15) is 39.5 Å². The largest absolute Gasteiger partial charge is 0.480 e. The van der Waals surface area contributed by atoms with Gasteiger partial charge in [0.25, 0.3) is 0 Å². The Hall–Kier alpha value is -1.26. The molecule has 0 radical (unpaired) electrons. The minimum absolute atomic E-state index is 0.390. The van der Waals surface area contributed by atoms with Crippen molar-refractivity contribution < 1.29 is 19.4 Å². The van der Waals surface area contributed by atoms with Gasteiger partial charge in [0.15, 0.2) is 0 Å². The maximum atomic E-state index is 11.3.